The molecular weight excluding hydrogens is 418 g/mol. The Labute approximate surface area is 163 Å². The van der Waals surface area contributed by atoms with Crippen LogP contribution in [0.4, 0.5) is 17.6 Å². The molecule has 0 spiro atoms. The minimum atomic E-state index is -4.98. The molecule has 0 bridgehead atoms. The summed E-state index contributed by atoms with van der Waals surface area (Å²) in [5, 5.41) is 10.8. The van der Waals surface area contributed by atoms with E-state index in [2.05, 4.69) is 4.98 Å². The molecule has 0 saturated heterocycles. The van der Waals surface area contributed by atoms with Crippen LogP contribution in [0, 0.1) is 5.82 Å². The molecule has 3 N–H and O–H groups in total. The average Bonchev–Trinajstić information content (AvgIpc) is 2.67. The van der Waals surface area contributed by atoms with Gasteiger partial charge in [-0.05, 0) is 12.6 Å². The molecule has 2 rings (SSSR count). The van der Waals surface area contributed by atoms with Crippen LogP contribution in [0.2, 0.25) is 0 Å². The second-order valence-corrected chi connectivity index (χ2v) is 7.72. The number of hydrogen-bond donors (Lipinski definition) is 3. The van der Waals surface area contributed by atoms with Crippen LogP contribution in [0.15, 0.2) is 41.4 Å². The van der Waals surface area contributed by atoms with Gasteiger partial charge in [0.1, 0.15) is 16.4 Å². The lowest BCUT2D eigenvalue weighted by atomic mass is 10.0. The molecule has 0 fully saturated rings. The summed E-state index contributed by atoms with van der Waals surface area (Å²) in [6.45, 7) is -1.23. The van der Waals surface area contributed by atoms with Crippen molar-refractivity contribution in [3.63, 3.8) is 0 Å². The van der Waals surface area contributed by atoms with Gasteiger partial charge in [0, 0.05) is 12.0 Å². The number of hydrogen-bond acceptors (Lipinski definition) is 5. The first-order valence-corrected chi connectivity index (χ1v) is 9.63. The number of carbonyl (C=O) groups is 1. The molecule has 2 aromatic rings. The monoisotopic (exact) mass is 435 g/mol. The van der Waals surface area contributed by atoms with Crippen molar-refractivity contribution in [1.29, 1.82) is 0 Å². The highest BCUT2D eigenvalue weighted by atomic mass is 32.2. The fourth-order valence-corrected chi connectivity index (χ4v) is 3.51. The molecular formula is C17H17F4N3O4S. The number of aromatic nitrogens is 1. The second kappa shape index (κ2) is 8.84. The minimum absolute atomic E-state index is 0.211. The standard InChI is InChI=1S/C17H17F4N3O4S/c1-22-29(27,28)15-11(7-10-5-3-2-4-6-10)12(18)8-23-14(15)16(26)24-9-13(25)17(19,20)21/h2-6,8,13,22,25H,7,9H2,1H3,(H,24,26). The predicted octanol–water partition coefficient (Wildman–Crippen LogP) is 1.37. The van der Waals surface area contributed by atoms with Gasteiger partial charge in [-0.3, -0.25) is 4.79 Å². The smallest absolute Gasteiger partial charge is 0.382 e. The summed E-state index contributed by atoms with van der Waals surface area (Å²) in [6.07, 6.45) is -7.44. The lowest BCUT2D eigenvalue weighted by Crippen LogP contribution is -2.41. The Hall–Kier alpha value is -2.57. The number of aliphatic hydroxyl groups excluding tert-OH is 1. The van der Waals surface area contributed by atoms with Crippen molar-refractivity contribution in [2.24, 2.45) is 0 Å². The number of benzene rings is 1. The maximum absolute atomic E-state index is 14.4. The lowest BCUT2D eigenvalue weighted by Gasteiger charge is -2.17. The maximum atomic E-state index is 14.4. The van der Waals surface area contributed by atoms with E-state index < -0.39 is 51.2 Å². The number of amides is 1. The Morgan fingerprint density at radius 1 is 1.24 bits per heavy atom. The molecule has 29 heavy (non-hydrogen) atoms. The van der Waals surface area contributed by atoms with E-state index in [1.165, 1.54) is 0 Å². The molecule has 1 unspecified atom stereocenters. The van der Waals surface area contributed by atoms with Crippen molar-refractivity contribution in [3.05, 3.63) is 59.2 Å². The normalized spacial score (nSPS) is 13.2. The minimum Gasteiger partial charge on any atom is -0.382 e. The number of carbonyl (C=O) groups excluding carboxylic acids is 1. The Morgan fingerprint density at radius 2 is 1.86 bits per heavy atom. The van der Waals surface area contributed by atoms with Crippen LogP contribution in [0.5, 0.6) is 0 Å². The highest BCUT2D eigenvalue weighted by molar-refractivity contribution is 7.89. The van der Waals surface area contributed by atoms with Gasteiger partial charge in [-0.15, -0.1) is 0 Å². The van der Waals surface area contributed by atoms with Gasteiger partial charge < -0.3 is 10.4 Å². The summed E-state index contributed by atoms with van der Waals surface area (Å²) >= 11 is 0. The summed E-state index contributed by atoms with van der Waals surface area (Å²) in [5.41, 5.74) is -0.632. The zero-order chi connectivity index (χ0) is 21.8. The molecule has 0 saturated carbocycles. The van der Waals surface area contributed by atoms with E-state index >= 15 is 0 Å². The van der Waals surface area contributed by atoms with E-state index in [1.54, 1.807) is 35.6 Å². The van der Waals surface area contributed by atoms with Gasteiger partial charge in [0.25, 0.3) is 5.91 Å². The van der Waals surface area contributed by atoms with Crippen LogP contribution in [-0.4, -0.2) is 50.3 Å². The van der Waals surface area contributed by atoms with E-state index in [0.29, 0.717) is 11.8 Å². The van der Waals surface area contributed by atoms with Crippen LogP contribution in [0.25, 0.3) is 0 Å². The number of alkyl halides is 3. The number of nitrogens with one attached hydrogen (secondary N) is 2. The molecule has 1 aromatic carbocycles. The van der Waals surface area contributed by atoms with Crippen LogP contribution < -0.4 is 10.0 Å². The summed E-state index contributed by atoms with van der Waals surface area (Å²) in [4.78, 5) is 15.0. The first-order chi connectivity index (χ1) is 13.5. The summed E-state index contributed by atoms with van der Waals surface area (Å²) in [6, 6.07) is 8.20. The SMILES string of the molecule is CNS(=O)(=O)c1c(C(=O)NCC(O)C(F)(F)F)ncc(F)c1Cc1ccccc1. The number of halogens is 4. The largest absolute Gasteiger partial charge is 0.416 e. The van der Waals surface area contributed by atoms with E-state index in [0.717, 1.165) is 7.05 Å². The van der Waals surface area contributed by atoms with Crippen molar-refractivity contribution in [2.45, 2.75) is 23.6 Å². The van der Waals surface area contributed by atoms with Crippen molar-refractivity contribution in [1.82, 2.24) is 15.0 Å². The number of nitrogens with zero attached hydrogens (tertiary/aromatic N) is 1. The average molecular weight is 435 g/mol. The third-order valence-corrected chi connectivity index (χ3v) is 5.41. The van der Waals surface area contributed by atoms with Crippen molar-refractivity contribution >= 4 is 15.9 Å². The van der Waals surface area contributed by atoms with Gasteiger partial charge in [-0.2, -0.15) is 13.2 Å². The lowest BCUT2D eigenvalue weighted by molar-refractivity contribution is -0.201. The fraction of sp³-hybridized carbons (Fsp3) is 0.294. The van der Waals surface area contributed by atoms with Crippen molar-refractivity contribution in [2.75, 3.05) is 13.6 Å². The molecule has 1 aromatic heterocycles. The molecule has 0 aliphatic carbocycles. The first kappa shape index (κ1) is 22.7. The molecule has 0 radical (unpaired) electrons. The molecule has 1 amide bonds. The van der Waals surface area contributed by atoms with Crippen molar-refractivity contribution in [3.8, 4) is 0 Å². The molecule has 0 aliphatic rings. The van der Waals surface area contributed by atoms with Gasteiger partial charge in [0.05, 0.1) is 12.7 Å². The molecule has 158 valence electrons. The van der Waals surface area contributed by atoms with Gasteiger partial charge in [-0.1, -0.05) is 30.3 Å². The van der Waals surface area contributed by atoms with Gasteiger partial charge in [-0.25, -0.2) is 22.5 Å². The van der Waals surface area contributed by atoms with Crippen LogP contribution >= 0.6 is 0 Å². The molecule has 7 nitrogen and oxygen atoms in total. The zero-order valence-corrected chi connectivity index (χ0v) is 15.8. The second-order valence-electron chi connectivity index (χ2n) is 5.90. The number of rotatable bonds is 7. The van der Waals surface area contributed by atoms with Gasteiger partial charge in [0.15, 0.2) is 6.10 Å². The third kappa shape index (κ3) is 5.49. The molecule has 1 heterocycles. The van der Waals surface area contributed by atoms with E-state index in [9.17, 15) is 30.8 Å². The summed E-state index contributed by atoms with van der Waals surface area (Å²) in [5.74, 6) is -2.31. The Balaban J connectivity index is 2.49. The highest BCUT2D eigenvalue weighted by Gasteiger charge is 2.38. The van der Waals surface area contributed by atoms with Crippen LogP contribution in [0.1, 0.15) is 21.6 Å². The fourth-order valence-electron chi connectivity index (χ4n) is 2.42. The van der Waals surface area contributed by atoms with Crippen LogP contribution in [0.3, 0.4) is 0 Å². The Morgan fingerprint density at radius 3 is 2.41 bits per heavy atom. The number of aliphatic hydroxyl groups is 1. The van der Waals surface area contributed by atoms with E-state index in [-0.39, 0.29) is 12.0 Å². The predicted molar refractivity (Wildman–Crippen MR) is 94.1 cm³/mol. The van der Waals surface area contributed by atoms with E-state index in [4.69, 9.17) is 5.11 Å². The number of pyridine rings is 1. The van der Waals surface area contributed by atoms with Crippen LogP contribution in [-0.2, 0) is 16.4 Å². The quantitative estimate of drug-likeness (QED) is 0.570. The summed E-state index contributed by atoms with van der Waals surface area (Å²) < 4.78 is 78.5. The van der Waals surface area contributed by atoms with Gasteiger partial charge in [0.2, 0.25) is 10.0 Å². The zero-order valence-electron chi connectivity index (χ0n) is 15.0. The van der Waals surface area contributed by atoms with Gasteiger partial charge >= 0.3 is 6.18 Å². The Bertz CT molecular complexity index is 982. The summed E-state index contributed by atoms with van der Waals surface area (Å²) in [7, 11) is -3.38. The first-order valence-electron chi connectivity index (χ1n) is 8.15. The van der Waals surface area contributed by atoms with Crippen molar-refractivity contribution < 1.29 is 35.9 Å². The third-order valence-electron chi connectivity index (χ3n) is 3.89. The number of sulfonamides is 1. The topological polar surface area (TPSA) is 108 Å². The maximum Gasteiger partial charge on any atom is 0.416 e. The molecule has 12 heteroatoms. The van der Waals surface area contributed by atoms with E-state index in [1.807, 2.05) is 4.72 Å². The Kier molecular flexibility index (Phi) is 6.93. The molecule has 1 atom stereocenters. The highest BCUT2D eigenvalue weighted by Crippen LogP contribution is 2.25. The molecule has 0 aliphatic heterocycles.